The molecule has 2 aliphatic carbocycles. The average molecular weight is 721 g/mol. The summed E-state index contributed by atoms with van der Waals surface area (Å²) in [4.78, 5) is 2.43. The minimum absolute atomic E-state index is 0.121. The second-order valence-corrected chi connectivity index (χ2v) is 16.3. The van der Waals surface area contributed by atoms with Crippen molar-refractivity contribution < 1.29 is 0 Å². The number of hydrogen-bond donors (Lipinski definition) is 0. The molecule has 0 spiro atoms. The fourth-order valence-electron chi connectivity index (χ4n) is 9.85. The summed E-state index contributed by atoms with van der Waals surface area (Å²) >= 11 is 0. The Labute approximate surface area is 330 Å². The van der Waals surface area contributed by atoms with Gasteiger partial charge in [0.25, 0.3) is 0 Å². The van der Waals surface area contributed by atoms with Crippen LogP contribution in [-0.2, 0) is 10.8 Å². The number of nitrogens with zero attached hydrogens (tertiary/aromatic N) is 2. The van der Waals surface area contributed by atoms with Gasteiger partial charge in [-0.2, -0.15) is 0 Å². The smallest absolute Gasteiger partial charge is 0.0588 e. The van der Waals surface area contributed by atoms with E-state index in [9.17, 15) is 0 Å². The summed E-state index contributed by atoms with van der Waals surface area (Å²) in [5.74, 6) is 0. The standard InChI is InChI=1S/C54H44N2/c1-7-41-45-31-32-46-44-30-28-40(34-50(44)56(37-19-13-10-14-20-37)52(46)51(45)54(5,6)47(41)8-2)55(38-25-23-36(24-26-38)35-17-11-9-12-18-35)39-27-29-43-42-21-15-16-22-48(42)53(3,4)49(43)33-39/h7-34H,1-2H2,3-6H3. The Balaban J connectivity index is 1.23. The van der Waals surface area contributed by atoms with Gasteiger partial charge in [0.05, 0.1) is 11.0 Å². The van der Waals surface area contributed by atoms with Crippen molar-refractivity contribution in [3.05, 3.63) is 211 Å². The fourth-order valence-corrected chi connectivity index (χ4v) is 9.85. The monoisotopic (exact) mass is 720 g/mol. The molecule has 56 heavy (non-hydrogen) atoms. The highest BCUT2D eigenvalue weighted by Crippen LogP contribution is 2.53. The van der Waals surface area contributed by atoms with Crippen LogP contribution in [0.2, 0.25) is 0 Å². The molecule has 270 valence electrons. The summed E-state index contributed by atoms with van der Waals surface area (Å²) in [6.45, 7) is 17.9. The van der Waals surface area contributed by atoms with Crippen molar-refractivity contribution >= 4 is 44.4 Å². The van der Waals surface area contributed by atoms with Crippen LogP contribution >= 0.6 is 0 Å². The lowest BCUT2D eigenvalue weighted by Gasteiger charge is -2.28. The lowest BCUT2D eigenvalue weighted by molar-refractivity contribution is 0.658. The Bertz CT molecular complexity index is 2920. The molecular formula is C54H44N2. The van der Waals surface area contributed by atoms with Crippen molar-refractivity contribution in [2.45, 2.75) is 38.5 Å². The first-order chi connectivity index (χ1) is 27.2. The van der Waals surface area contributed by atoms with Crippen LogP contribution in [0.15, 0.2) is 189 Å². The van der Waals surface area contributed by atoms with Gasteiger partial charge in [0.2, 0.25) is 0 Å². The van der Waals surface area contributed by atoms with E-state index in [0.29, 0.717) is 0 Å². The second-order valence-electron chi connectivity index (χ2n) is 16.3. The lowest BCUT2D eigenvalue weighted by atomic mass is 9.80. The number of aromatic nitrogens is 1. The van der Waals surface area contributed by atoms with E-state index < -0.39 is 0 Å². The van der Waals surface area contributed by atoms with Gasteiger partial charge in [-0.15, -0.1) is 0 Å². The van der Waals surface area contributed by atoms with Crippen molar-refractivity contribution in [1.82, 2.24) is 4.57 Å². The van der Waals surface area contributed by atoms with Crippen LogP contribution in [0.3, 0.4) is 0 Å². The van der Waals surface area contributed by atoms with Gasteiger partial charge in [-0.3, -0.25) is 0 Å². The van der Waals surface area contributed by atoms with Gasteiger partial charge in [0.15, 0.2) is 0 Å². The van der Waals surface area contributed by atoms with E-state index in [4.69, 9.17) is 0 Å². The summed E-state index contributed by atoms with van der Waals surface area (Å²) in [6.07, 6.45) is 4.02. The summed E-state index contributed by atoms with van der Waals surface area (Å²) in [6, 6.07) is 58.0. The summed E-state index contributed by atoms with van der Waals surface area (Å²) in [7, 11) is 0. The van der Waals surface area contributed by atoms with Gasteiger partial charge in [-0.05, 0) is 104 Å². The van der Waals surface area contributed by atoms with Crippen LogP contribution in [0.25, 0.3) is 55.3 Å². The van der Waals surface area contributed by atoms with Gasteiger partial charge in [0, 0.05) is 44.4 Å². The predicted molar refractivity (Wildman–Crippen MR) is 239 cm³/mol. The first-order valence-electron chi connectivity index (χ1n) is 19.6. The minimum Gasteiger partial charge on any atom is -0.310 e. The molecule has 0 aliphatic heterocycles. The number of rotatable bonds is 7. The van der Waals surface area contributed by atoms with E-state index in [1.165, 1.54) is 77.5 Å². The van der Waals surface area contributed by atoms with Crippen LogP contribution in [0.5, 0.6) is 0 Å². The van der Waals surface area contributed by atoms with Gasteiger partial charge in [0.1, 0.15) is 0 Å². The molecule has 0 N–H and O–H groups in total. The maximum absolute atomic E-state index is 4.26. The molecule has 0 fully saturated rings. The molecule has 2 aliphatic rings. The van der Waals surface area contributed by atoms with Crippen molar-refractivity contribution in [3.63, 3.8) is 0 Å². The molecule has 1 aromatic heterocycles. The third kappa shape index (κ3) is 4.82. The molecule has 0 atom stereocenters. The van der Waals surface area contributed by atoms with Crippen LogP contribution in [0, 0.1) is 0 Å². The molecule has 10 rings (SSSR count). The van der Waals surface area contributed by atoms with E-state index in [-0.39, 0.29) is 10.8 Å². The Morgan fingerprint density at radius 2 is 1.09 bits per heavy atom. The fraction of sp³-hybridized carbons (Fsp3) is 0.111. The number of para-hydroxylation sites is 1. The maximum atomic E-state index is 4.26. The van der Waals surface area contributed by atoms with E-state index in [1.807, 2.05) is 12.2 Å². The number of benzene rings is 7. The number of fused-ring (bicyclic) bond motifs is 8. The Hall–Kier alpha value is -6.64. The van der Waals surface area contributed by atoms with Crippen molar-refractivity contribution in [1.29, 1.82) is 0 Å². The van der Waals surface area contributed by atoms with Crippen LogP contribution < -0.4 is 4.90 Å². The number of hydrogen-bond acceptors (Lipinski definition) is 1. The van der Waals surface area contributed by atoms with E-state index >= 15 is 0 Å². The summed E-state index contributed by atoms with van der Waals surface area (Å²) in [5.41, 5.74) is 19.2. The normalized spacial score (nSPS) is 14.8. The largest absolute Gasteiger partial charge is 0.310 e. The highest BCUT2D eigenvalue weighted by molar-refractivity contribution is 6.14. The Kier molecular flexibility index (Phi) is 7.53. The SMILES string of the molecule is C=CC1=C(C=C)C(C)(C)c2c1ccc1c3ccc(N(c4ccc(-c5ccccc5)cc4)c4ccc5c(c4)C(C)(C)c4ccccc4-5)cc3n(-c3ccccc3)c21. The predicted octanol–water partition coefficient (Wildman–Crippen LogP) is 14.6. The molecule has 8 aromatic rings. The highest BCUT2D eigenvalue weighted by Gasteiger charge is 2.39. The second kappa shape index (κ2) is 12.4. The average Bonchev–Trinajstić information content (AvgIpc) is 3.77. The molecule has 2 nitrogen and oxygen atoms in total. The van der Waals surface area contributed by atoms with Crippen LogP contribution in [-0.4, -0.2) is 4.57 Å². The van der Waals surface area contributed by atoms with Crippen molar-refractivity contribution in [3.8, 4) is 27.9 Å². The summed E-state index contributed by atoms with van der Waals surface area (Å²) < 4.78 is 2.49. The third-order valence-corrected chi connectivity index (χ3v) is 12.5. The van der Waals surface area contributed by atoms with Crippen molar-refractivity contribution in [2.75, 3.05) is 4.90 Å². The number of anilines is 3. The molecule has 0 saturated carbocycles. The van der Waals surface area contributed by atoms with Crippen LogP contribution in [0.4, 0.5) is 17.1 Å². The molecule has 0 saturated heterocycles. The molecule has 0 unspecified atom stereocenters. The first kappa shape index (κ1) is 33.9. The Morgan fingerprint density at radius 3 is 1.82 bits per heavy atom. The molecular weight excluding hydrogens is 677 g/mol. The van der Waals surface area contributed by atoms with Crippen molar-refractivity contribution in [2.24, 2.45) is 0 Å². The molecule has 0 radical (unpaired) electrons. The summed E-state index contributed by atoms with van der Waals surface area (Å²) in [5, 5.41) is 2.47. The maximum Gasteiger partial charge on any atom is 0.0588 e. The molecule has 7 aromatic carbocycles. The molecule has 2 heteroatoms. The Morgan fingerprint density at radius 1 is 0.500 bits per heavy atom. The van der Waals surface area contributed by atoms with Crippen LogP contribution in [0.1, 0.15) is 49.9 Å². The third-order valence-electron chi connectivity index (χ3n) is 12.5. The van der Waals surface area contributed by atoms with E-state index in [1.54, 1.807) is 0 Å². The molecule has 1 heterocycles. The first-order valence-corrected chi connectivity index (χ1v) is 19.6. The quantitative estimate of drug-likeness (QED) is 0.159. The minimum atomic E-state index is -0.259. The lowest BCUT2D eigenvalue weighted by Crippen LogP contribution is -2.17. The molecule has 0 amide bonds. The van der Waals surface area contributed by atoms with Gasteiger partial charge < -0.3 is 9.47 Å². The van der Waals surface area contributed by atoms with Gasteiger partial charge >= 0.3 is 0 Å². The zero-order chi connectivity index (χ0) is 38.3. The molecule has 0 bridgehead atoms. The highest BCUT2D eigenvalue weighted by atomic mass is 15.1. The zero-order valence-electron chi connectivity index (χ0n) is 32.5. The zero-order valence-corrected chi connectivity index (χ0v) is 32.5. The van der Waals surface area contributed by atoms with E-state index in [0.717, 1.165) is 22.7 Å². The van der Waals surface area contributed by atoms with Gasteiger partial charge in [-0.25, -0.2) is 0 Å². The topological polar surface area (TPSA) is 8.17 Å². The number of allylic oxidation sites excluding steroid dienone is 4. The van der Waals surface area contributed by atoms with E-state index in [2.05, 4.69) is 208 Å². The van der Waals surface area contributed by atoms with Gasteiger partial charge in [-0.1, -0.05) is 162 Å².